The fourth-order valence-electron chi connectivity index (χ4n) is 2.84. The van der Waals surface area contributed by atoms with Gasteiger partial charge in [0.05, 0.1) is 0 Å². The number of nitrogens with zero attached hydrogens (tertiary/aromatic N) is 1. The van der Waals surface area contributed by atoms with E-state index in [1.54, 1.807) is 6.20 Å². The van der Waals surface area contributed by atoms with Crippen molar-refractivity contribution in [3.8, 4) is 22.4 Å². The van der Waals surface area contributed by atoms with Crippen LogP contribution in [0.25, 0.3) is 22.4 Å². The standard InChI is InChI=1S/C24H16NO.CH3.Ir/c26-24(21-9-5-2-6-10-21)22-15-16-23(25-17-22)20-13-11-19(12-14-20)18-7-3-1-4-8-18;;/h1-13,15-17H;1H3;/q2*-1;. The first-order chi connectivity index (χ1) is 12.8. The molecule has 0 aliphatic carbocycles. The van der Waals surface area contributed by atoms with Gasteiger partial charge in [0.15, 0.2) is 5.78 Å². The average Bonchev–Trinajstić information content (AvgIpc) is 2.75. The van der Waals surface area contributed by atoms with Crippen molar-refractivity contribution in [1.29, 1.82) is 0 Å². The van der Waals surface area contributed by atoms with Gasteiger partial charge >= 0.3 is 0 Å². The van der Waals surface area contributed by atoms with E-state index in [2.05, 4.69) is 29.2 Å². The van der Waals surface area contributed by atoms with Crippen LogP contribution in [0, 0.1) is 13.5 Å². The molecule has 2 nitrogen and oxygen atoms in total. The van der Waals surface area contributed by atoms with Crippen LogP contribution in [0.15, 0.2) is 97.2 Å². The Morgan fingerprint density at radius 1 is 0.714 bits per heavy atom. The minimum Gasteiger partial charge on any atom is -0.358 e. The van der Waals surface area contributed by atoms with E-state index in [4.69, 9.17) is 0 Å². The molecule has 4 rings (SSSR count). The Hall–Kier alpha value is -2.87. The maximum atomic E-state index is 12.4. The van der Waals surface area contributed by atoms with E-state index in [1.807, 2.05) is 72.8 Å². The number of hydrogen-bond acceptors (Lipinski definition) is 2. The summed E-state index contributed by atoms with van der Waals surface area (Å²) >= 11 is 0. The summed E-state index contributed by atoms with van der Waals surface area (Å²) in [6.07, 6.45) is 1.63. The Kier molecular flexibility index (Phi) is 7.57. The SMILES string of the molecule is O=C(c1ccccc1)c1ccc(-c2[c-]cc(-c3ccccc3)cc2)nc1.[CH3-].[Ir]. The summed E-state index contributed by atoms with van der Waals surface area (Å²) in [5.41, 5.74) is 5.23. The van der Waals surface area contributed by atoms with Gasteiger partial charge in [0.25, 0.3) is 0 Å². The van der Waals surface area contributed by atoms with Gasteiger partial charge in [0, 0.05) is 37.4 Å². The number of carbonyl (C=O) groups excluding carboxylic acids is 1. The summed E-state index contributed by atoms with van der Waals surface area (Å²) in [6.45, 7) is 0. The second-order valence-electron chi connectivity index (χ2n) is 5.98. The molecule has 0 atom stereocenters. The van der Waals surface area contributed by atoms with Crippen molar-refractivity contribution in [1.82, 2.24) is 4.98 Å². The molecule has 4 aromatic rings. The minimum atomic E-state index is -0.0203. The molecule has 1 aromatic heterocycles. The van der Waals surface area contributed by atoms with Gasteiger partial charge in [-0.05, 0) is 5.69 Å². The molecule has 3 aromatic carbocycles. The summed E-state index contributed by atoms with van der Waals surface area (Å²) < 4.78 is 0. The van der Waals surface area contributed by atoms with Gasteiger partial charge in [-0.25, -0.2) is 0 Å². The van der Waals surface area contributed by atoms with E-state index >= 15 is 0 Å². The van der Waals surface area contributed by atoms with Gasteiger partial charge in [-0.2, -0.15) is 0 Å². The molecule has 0 N–H and O–H groups in total. The van der Waals surface area contributed by atoms with Crippen LogP contribution >= 0.6 is 0 Å². The van der Waals surface area contributed by atoms with E-state index in [0.717, 1.165) is 22.4 Å². The number of ketones is 1. The molecule has 0 aliphatic heterocycles. The molecule has 0 unspecified atom stereocenters. The van der Waals surface area contributed by atoms with Gasteiger partial charge in [0.2, 0.25) is 0 Å². The van der Waals surface area contributed by atoms with Crippen molar-refractivity contribution in [3.05, 3.63) is 122 Å². The Balaban J connectivity index is 0.00000140. The first-order valence-electron chi connectivity index (χ1n) is 8.44. The predicted octanol–water partition coefficient (Wildman–Crippen LogP) is 5.89. The summed E-state index contributed by atoms with van der Waals surface area (Å²) in [5, 5.41) is 0. The molecular formula is C25H19IrNO-2. The molecule has 0 aliphatic rings. The molecule has 1 heterocycles. The van der Waals surface area contributed by atoms with Crippen molar-refractivity contribution in [3.63, 3.8) is 0 Å². The summed E-state index contributed by atoms with van der Waals surface area (Å²) in [6, 6.07) is 32.4. The molecule has 0 saturated carbocycles. The van der Waals surface area contributed by atoms with Crippen LogP contribution in [0.4, 0.5) is 0 Å². The van der Waals surface area contributed by atoms with Gasteiger partial charge in [-0.3, -0.25) is 4.79 Å². The van der Waals surface area contributed by atoms with Gasteiger partial charge in [0.1, 0.15) is 0 Å². The van der Waals surface area contributed by atoms with Crippen molar-refractivity contribution >= 4 is 5.78 Å². The van der Waals surface area contributed by atoms with Gasteiger partial charge in [-0.15, -0.1) is 29.8 Å². The Labute approximate surface area is 179 Å². The monoisotopic (exact) mass is 542 g/mol. The molecule has 0 fully saturated rings. The Morgan fingerprint density at radius 2 is 1.39 bits per heavy atom. The van der Waals surface area contributed by atoms with Crippen molar-refractivity contribution in [2.75, 3.05) is 0 Å². The molecule has 0 amide bonds. The van der Waals surface area contributed by atoms with E-state index in [1.165, 1.54) is 0 Å². The number of rotatable bonds is 4. The van der Waals surface area contributed by atoms with E-state index in [-0.39, 0.29) is 33.3 Å². The number of aromatic nitrogens is 1. The van der Waals surface area contributed by atoms with Crippen molar-refractivity contribution in [2.45, 2.75) is 0 Å². The van der Waals surface area contributed by atoms with E-state index in [9.17, 15) is 4.79 Å². The largest absolute Gasteiger partial charge is 0.358 e. The van der Waals surface area contributed by atoms with Crippen LogP contribution in [0.5, 0.6) is 0 Å². The zero-order chi connectivity index (χ0) is 17.8. The zero-order valence-corrected chi connectivity index (χ0v) is 17.8. The molecule has 0 spiro atoms. The molecular weight excluding hydrogens is 522 g/mol. The van der Waals surface area contributed by atoms with Crippen LogP contribution < -0.4 is 0 Å². The van der Waals surface area contributed by atoms with Gasteiger partial charge < -0.3 is 12.4 Å². The van der Waals surface area contributed by atoms with Crippen LogP contribution in [0.3, 0.4) is 0 Å². The first-order valence-corrected chi connectivity index (χ1v) is 8.44. The topological polar surface area (TPSA) is 30.0 Å². The quantitative estimate of drug-likeness (QED) is 0.238. The van der Waals surface area contributed by atoms with Gasteiger partial charge in [-0.1, -0.05) is 83.9 Å². The summed E-state index contributed by atoms with van der Waals surface area (Å²) in [7, 11) is 0. The van der Waals surface area contributed by atoms with E-state index < -0.39 is 0 Å². The maximum Gasteiger partial charge on any atom is 0.194 e. The third-order valence-electron chi connectivity index (χ3n) is 4.26. The average molecular weight is 542 g/mol. The Bertz CT molecular complexity index is 1010. The predicted molar refractivity (Wildman–Crippen MR) is 110 cm³/mol. The smallest absolute Gasteiger partial charge is 0.194 e. The molecule has 1 radical (unpaired) electrons. The van der Waals surface area contributed by atoms with Crippen LogP contribution in [-0.4, -0.2) is 10.8 Å². The fraction of sp³-hybridized carbons (Fsp3) is 0. The molecule has 141 valence electrons. The molecule has 3 heteroatoms. The number of carbonyl (C=O) groups is 1. The third-order valence-corrected chi connectivity index (χ3v) is 4.26. The molecule has 0 saturated heterocycles. The van der Waals surface area contributed by atoms with Crippen molar-refractivity contribution in [2.24, 2.45) is 0 Å². The number of hydrogen-bond donors (Lipinski definition) is 0. The Morgan fingerprint density at radius 3 is 1.96 bits per heavy atom. The number of pyridine rings is 1. The first kappa shape index (κ1) is 21.4. The molecule has 0 bridgehead atoms. The maximum absolute atomic E-state index is 12.4. The van der Waals surface area contributed by atoms with E-state index in [0.29, 0.717) is 11.1 Å². The second kappa shape index (κ2) is 9.89. The number of benzene rings is 3. The summed E-state index contributed by atoms with van der Waals surface area (Å²) in [5.74, 6) is -0.0203. The van der Waals surface area contributed by atoms with Crippen LogP contribution in [-0.2, 0) is 20.1 Å². The minimum absolute atomic E-state index is 0. The van der Waals surface area contributed by atoms with Crippen LogP contribution in [0.1, 0.15) is 15.9 Å². The second-order valence-corrected chi connectivity index (χ2v) is 5.98. The third kappa shape index (κ3) is 4.69. The molecule has 28 heavy (non-hydrogen) atoms. The van der Waals surface area contributed by atoms with Crippen LogP contribution in [0.2, 0.25) is 0 Å². The normalized spacial score (nSPS) is 9.71. The summed E-state index contributed by atoms with van der Waals surface area (Å²) in [4.78, 5) is 16.9. The van der Waals surface area contributed by atoms with Crippen molar-refractivity contribution < 1.29 is 24.9 Å². The zero-order valence-electron chi connectivity index (χ0n) is 15.4. The fourth-order valence-corrected chi connectivity index (χ4v) is 2.84.